The molecule has 0 unspecified atom stereocenters. The smallest absolute Gasteiger partial charge is 0.119 e. The largest absolute Gasteiger partial charge is 0.491 e. The van der Waals surface area contributed by atoms with Gasteiger partial charge in [-0.2, -0.15) is 0 Å². The first-order chi connectivity index (χ1) is 11.7. The Bertz CT molecular complexity index is 611. The summed E-state index contributed by atoms with van der Waals surface area (Å²) in [6, 6.07) is 18.3. The molecule has 0 aliphatic carbocycles. The highest BCUT2D eigenvalue weighted by Gasteiger charge is 2.19. The molecule has 1 N–H and O–H groups in total. The Labute approximate surface area is 144 Å². The third-order valence-corrected chi connectivity index (χ3v) is 4.61. The number of β-amino-alcohol motifs (C(OH)–C–C–N with tert-alkyl or cyclic N) is 1. The monoisotopic (exact) mass is 325 g/mol. The maximum Gasteiger partial charge on any atom is 0.119 e. The van der Waals surface area contributed by atoms with Crippen molar-refractivity contribution < 1.29 is 9.84 Å². The van der Waals surface area contributed by atoms with Gasteiger partial charge in [-0.3, -0.25) is 0 Å². The lowest BCUT2D eigenvalue weighted by Gasteiger charge is -2.32. The van der Waals surface area contributed by atoms with Gasteiger partial charge in [0.2, 0.25) is 0 Å². The Balaban J connectivity index is 1.48. The van der Waals surface area contributed by atoms with Crippen molar-refractivity contribution in [2.45, 2.75) is 25.9 Å². The maximum absolute atomic E-state index is 10.2. The Morgan fingerprint density at radius 1 is 1.08 bits per heavy atom. The summed E-state index contributed by atoms with van der Waals surface area (Å²) in [6.07, 6.45) is 2.09. The van der Waals surface area contributed by atoms with E-state index in [0.717, 1.165) is 24.8 Å². The van der Waals surface area contributed by atoms with Gasteiger partial charge < -0.3 is 14.7 Å². The van der Waals surface area contributed by atoms with Crippen LogP contribution in [0.4, 0.5) is 0 Å². The van der Waals surface area contributed by atoms with E-state index in [1.54, 1.807) is 0 Å². The van der Waals surface area contributed by atoms with Crippen LogP contribution < -0.4 is 4.74 Å². The quantitative estimate of drug-likeness (QED) is 0.876. The van der Waals surface area contributed by atoms with Gasteiger partial charge >= 0.3 is 0 Å². The lowest BCUT2D eigenvalue weighted by molar-refractivity contribution is 0.0537. The van der Waals surface area contributed by atoms with Crippen molar-refractivity contribution in [2.24, 2.45) is 5.92 Å². The molecule has 1 aliphatic heterocycles. The minimum Gasteiger partial charge on any atom is -0.491 e. The van der Waals surface area contributed by atoms with E-state index in [1.165, 1.54) is 24.0 Å². The number of aliphatic hydroxyl groups is 1. The molecule has 0 bridgehead atoms. The summed E-state index contributed by atoms with van der Waals surface area (Å²) in [7, 11) is 0. The standard InChI is InChI=1S/C21H27NO2/c1-17-6-5-13-22(14-17)15-20(23)16-24-21-11-9-19(10-12-21)18-7-3-2-4-8-18/h2-4,7-12,17,20,23H,5-6,13-16H2,1H3/t17-,20+/m0/s1. The van der Waals surface area contributed by atoms with Crippen molar-refractivity contribution in [3.05, 3.63) is 54.6 Å². The first-order valence-corrected chi connectivity index (χ1v) is 8.89. The van der Waals surface area contributed by atoms with Crippen LogP contribution in [0.5, 0.6) is 5.75 Å². The second kappa shape index (κ2) is 8.32. The van der Waals surface area contributed by atoms with E-state index in [4.69, 9.17) is 4.74 Å². The van der Waals surface area contributed by atoms with Gasteiger partial charge in [0.05, 0.1) is 0 Å². The lowest BCUT2D eigenvalue weighted by atomic mass is 10.0. The molecule has 0 spiro atoms. The summed E-state index contributed by atoms with van der Waals surface area (Å²) in [5.41, 5.74) is 2.37. The molecule has 0 aromatic heterocycles. The molecule has 3 heteroatoms. The van der Waals surface area contributed by atoms with Crippen molar-refractivity contribution >= 4 is 0 Å². The summed E-state index contributed by atoms with van der Waals surface area (Å²) in [5, 5.41) is 10.2. The van der Waals surface area contributed by atoms with Crippen LogP contribution in [0.2, 0.25) is 0 Å². The van der Waals surface area contributed by atoms with Gasteiger partial charge in [0.15, 0.2) is 0 Å². The fourth-order valence-corrected chi connectivity index (χ4v) is 3.37. The summed E-state index contributed by atoms with van der Waals surface area (Å²) < 4.78 is 5.75. The first kappa shape index (κ1) is 17.0. The van der Waals surface area contributed by atoms with Gasteiger partial charge in [-0.1, -0.05) is 49.4 Å². The Morgan fingerprint density at radius 3 is 2.50 bits per heavy atom. The predicted molar refractivity (Wildman–Crippen MR) is 98.2 cm³/mol. The minimum absolute atomic E-state index is 0.343. The molecule has 0 saturated carbocycles. The molecule has 3 rings (SSSR count). The zero-order valence-electron chi connectivity index (χ0n) is 14.4. The molecule has 1 aliphatic rings. The van der Waals surface area contributed by atoms with Crippen molar-refractivity contribution in [1.82, 2.24) is 4.90 Å². The molecule has 2 aromatic rings. The number of aliphatic hydroxyl groups excluding tert-OH is 1. The van der Waals surface area contributed by atoms with E-state index in [-0.39, 0.29) is 0 Å². The molecule has 2 atom stereocenters. The normalized spacial score (nSPS) is 19.8. The molecule has 128 valence electrons. The number of benzene rings is 2. The van der Waals surface area contributed by atoms with E-state index in [1.807, 2.05) is 30.3 Å². The van der Waals surface area contributed by atoms with Crippen LogP contribution in [-0.2, 0) is 0 Å². The van der Waals surface area contributed by atoms with Crippen LogP contribution >= 0.6 is 0 Å². The van der Waals surface area contributed by atoms with Crippen molar-refractivity contribution in [3.63, 3.8) is 0 Å². The first-order valence-electron chi connectivity index (χ1n) is 8.89. The molecular weight excluding hydrogens is 298 g/mol. The van der Waals surface area contributed by atoms with E-state index in [2.05, 4.69) is 36.1 Å². The van der Waals surface area contributed by atoms with Crippen LogP contribution in [0, 0.1) is 5.92 Å². The number of likely N-dealkylation sites (tertiary alicyclic amines) is 1. The highest BCUT2D eigenvalue weighted by atomic mass is 16.5. The Hall–Kier alpha value is -1.84. The molecule has 1 fully saturated rings. The molecule has 24 heavy (non-hydrogen) atoms. The van der Waals surface area contributed by atoms with E-state index < -0.39 is 6.10 Å². The van der Waals surface area contributed by atoms with E-state index in [9.17, 15) is 5.11 Å². The number of ether oxygens (including phenoxy) is 1. The second-order valence-corrected chi connectivity index (χ2v) is 6.86. The van der Waals surface area contributed by atoms with Crippen LogP contribution in [0.15, 0.2) is 54.6 Å². The van der Waals surface area contributed by atoms with Crippen molar-refractivity contribution in [2.75, 3.05) is 26.2 Å². The number of piperidine rings is 1. The molecule has 2 aromatic carbocycles. The van der Waals surface area contributed by atoms with Gasteiger partial charge in [-0.15, -0.1) is 0 Å². The lowest BCUT2D eigenvalue weighted by Crippen LogP contribution is -2.41. The van der Waals surface area contributed by atoms with Gasteiger partial charge in [0.25, 0.3) is 0 Å². The highest BCUT2D eigenvalue weighted by molar-refractivity contribution is 5.63. The topological polar surface area (TPSA) is 32.7 Å². The van der Waals surface area contributed by atoms with Crippen LogP contribution in [0.25, 0.3) is 11.1 Å². The van der Waals surface area contributed by atoms with Crippen molar-refractivity contribution in [1.29, 1.82) is 0 Å². The van der Waals surface area contributed by atoms with E-state index >= 15 is 0 Å². The number of nitrogens with zero attached hydrogens (tertiary/aromatic N) is 1. The minimum atomic E-state index is -0.441. The summed E-state index contributed by atoms with van der Waals surface area (Å²) in [4.78, 5) is 2.35. The van der Waals surface area contributed by atoms with Gasteiger partial charge in [-0.25, -0.2) is 0 Å². The fraction of sp³-hybridized carbons (Fsp3) is 0.429. The third-order valence-electron chi connectivity index (χ3n) is 4.61. The number of rotatable bonds is 6. The number of hydrogen-bond donors (Lipinski definition) is 1. The third kappa shape index (κ3) is 4.83. The molecule has 0 radical (unpaired) electrons. The van der Waals surface area contributed by atoms with Gasteiger partial charge in [-0.05, 0) is 48.6 Å². The van der Waals surface area contributed by atoms with Crippen molar-refractivity contribution in [3.8, 4) is 16.9 Å². The molecule has 3 nitrogen and oxygen atoms in total. The molecule has 1 saturated heterocycles. The summed E-state index contributed by atoms with van der Waals surface area (Å²) in [5.74, 6) is 1.54. The zero-order valence-corrected chi connectivity index (χ0v) is 14.4. The average molecular weight is 325 g/mol. The van der Waals surface area contributed by atoms with Crippen LogP contribution in [0.1, 0.15) is 19.8 Å². The molecule has 0 amide bonds. The Morgan fingerprint density at radius 2 is 1.79 bits per heavy atom. The summed E-state index contributed by atoms with van der Waals surface area (Å²) in [6.45, 7) is 5.50. The van der Waals surface area contributed by atoms with E-state index in [0.29, 0.717) is 13.2 Å². The molecular formula is C21H27NO2. The zero-order chi connectivity index (χ0) is 16.8. The van der Waals surface area contributed by atoms with Gasteiger partial charge in [0, 0.05) is 13.1 Å². The highest BCUT2D eigenvalue weighted by Crippen LogP contribution is 2.22. The van der Waals surface area contributed by atoms with Crippen LogP contribution in [0.3, 0.4) is 0 Å². The number of hydrogen-bond acceptors (Lipinski definition) is 3. The SMILES string of the molecule is C[C@H]1CCCN(C[C@@H](O)COc2ccc(-c3ccccc3)cc2)C1. The molecule has 1 heterocycles. The predicted octanol–water partition coefficient (Wildman–Crippen LogP) is 3.83. The summed E-state index contributed by atoms with van der Waals surface area (Å²) >= 11 is 0. The maximum atomic E-state index is 10.2. The second-order valence-electron chi connectivity index (χ2n) is 6.86. The fourth-order valence-electron chi connectivity index (χ4n) is 3.37. The van der Waals surface area contributed by atoms with Crippen LogP contribution in [-0.4, -0.2) is 42.4 Å². The van der Waals surface area contributed by atoms with Gasteiger partial charge in [0.1, 0.15) is 18.5 Å². The average Bonchev–Trinajstić information content (AvgIpc) is 2.61. The Kier molecular flexibility index (Phi) is 5.89.